The zero-order chi connectivity index (χ0) is 29.3. The van der Waals surface area contributed by atoms with Crippen LogP contribution in [0, 0.1) is 0 Å². The number of unbranched alkanes of at least 4 members (excludes halogenated alkanes) is 3. The van der Waals surface area contributed by atoms with E-state index in [9.17, 15) is 4.79 Å². The molecule has 7 heteroatoms. The van der Waals surface area contributed by atoms with E-state index in [-0.39, 0.29) is 0 Å². The van der Waals surface area contributed by atoms with Crippen molar-refractivity contribution in [1.82, 2.24) is 10.2 Å². The Morgan fingerprint density at radius 3 is 2.02 bits per heavy atom. The van der Waals surface area contributed by atoms with E-state index in [2.05, 4.69) is 48.6 Å². The van der Waals surface area contributed by atoms with Gasteiger partial charge in [0, 0.05) is 12.4 Å². The van der Waals surface area contributed by atoms with E-state index in [0.29, 0.717) is 31.3 Å². The Bertz CT molecular complexity index is 1200. The second-order valence-corrected chi connectivity index (χ2v) is 10.5. The first-order chi connectivity index (χ1) is 20.0. The number of halogens is 1. The number of carbonyl (C=O) groups is 1. The molecule has 0 aliphatic rings. The molecule has 0 aliphatic heterocycles. The third-order valence-corrected chi connectivity index (χ3v) is 6.79. The molecule has 0 spiro atoms. The second kappa shape index (κ2) is 18.2. The first kappa shape index (κ1) is 32.2. The minimum Gasteiger partial charge on any atom is -0.492 e. The summed E-state index contributed by atoms with van der Waals surface area (Å²) in [6.45, 7) is 2.81. The first-order valence-corrected chi connectivity index (χ1v) is 14.9. The number of hydrogen-bond acceptors (Lipinski definition) is 6. The van der Waals surface area contributed by atoms with E-state index in [1.807, 2.05) is 49.5 Å². The minimum absolute atomic E-state index is 0.360. The summed E-state index contributed by atoms with van der Waals surface area (Å²) >= 11 is 6.30. The van der Waals surface area contributed by atoms with E-state index in [1.54, 1.807) is 12.1 Å². The molecule has 0 amide bonds. The number of nitrogens with one attached hydrogen (secondary N) is 1. The number of hydrogen-bond donors (Lipinski definition) is 1. The SMILES string of the molecule is CNCCOc1ccc(/C(=C(/CCCl)c2ccccc2)c2ccc(OC(=O)OCCCCCCN(C)C)cc2)cc1. The van der Waals surface area contributed by atoms with Gasteiger partial charge < -0.3 is 24.4 Å². The van der Waals surface area contributed by atoms with Crippen molar-refractivity contribution in [2.24, 2.45) is 0 Å². The number of benzene rings is 3. The van der Waals surface area contributed by atoms with Gasteiger partial charge in [-0.25, -0.2) is 4.79 Å². The van der Waals surface area contributed by atoms with Crippen molar-refractivity contribution in [2.75, 3.05) is 53.3 Å². The molecule has 0 radical (unpaired) electrons. The fourth-order valence-corrected chi connectivity index (χ4v) is 4.69. The van der Waals surface area contributed by atoms with Crippen molar-refractivity contribution in [3.05, 3.63) is 95.6 Å². The molecular weight excluding hydrogens is 536 g/mol. The summed E-state index contributed by atoms with van der Waals surface area (Å²) in [6, 6.07) is 26.0. The highest BCUT2D eigenvalue weighted by Crippen LogP contribution is 2.36. The van der Waals surface area contributed by atoms with E-state index in [0.717, 1.165) is 72.4 Å². The minimum atomic E-state index is -0.678. The van der Waals surface area contributed by atoms with Crippen LogP contribution in [0.25, 0.3) is 11.1 Å². The Morgan fingerprint density at radius 2 is 1.41 bits per heavy atom. The molecule has 0 atom stereocenters. The van der Waals surface area contributed by atoms with Gasteiger partial charge in [0.25, 0.3) is 0 Å². The molecule has 6 nitrogen and oxygen atoms in total. The zero-order valence-electron chi connectivity index (χ0n) is 24.5. The molecule has 0 fully saturated rings. The van der Waals surface area contributed by atoms with Gasteiger partial charge in [0.2, 0.25) is 0 Å². The number of nitrogens with zero attached hydrogens (tertiary/aromatic N) is 1. The lowest BCUT2D eigenvalue weighted by atomic mass is 9.88. The van der Waals surface area contributed by atoms with Crippen molar-refractivity contribution in [1.29, 1.82) is 0 Å². The average molecular weight is 579 g/mol. The van der Waals surface area contributed by atoms with Crippen molar-refractivity contribution in [2.45, 2.75) is 32.1 Å². The summed E-state index contributed by atoms with van der Waals surface area (Å²) in [5.41, 5.74) is 5.37. The standard InChI is InChI=1S/C34H43ClN2O4/c1-36-23-26-39-30-17-13-28(14-18-30)33(32(21-22-35)27-11-7-6-8-12-27)29-15-19-31(20-16-29)41-34(38)40-25-10-5-4-9-24-37(2)3/h6-8,11-20,36H,4-5,9-10,21-26H2,1-3H3/b33-32+. The van der Waals surface area contributed by atoms with E-state index in [1.165, 1.54) is 0 Å². The zero-order valence-corrected chi connectivity index (χ0v) is 25.3. The molecule has 0 saturated heterocycles. The van der Waals surface area contributed by atoms with Gasteiger partial charge in [-0.3, -0.25) is 0 Å². The molecule has 3 aromatic rings. The van der Waals surface area contributed by atoms with Gasteiger partial charge >= 0.3 is 6.16 Å². The molecule has 0 aliphatic carbocycles. The smallest absolute Gasteiger partial charge is 0.492 e. The maximum absolute atomic E-state index is 12.2. The van der Waals surface area contributed by atoms with Gasteiger partial charge in [-0.05, 0) is 99.1 Å². The van der Waals surface area contributed by atoms with Crippen LogP contribution in [0.2, 0.25) is 0 Å². The Hall–Kier alpha value is -3.32. The summed E-state index contributed by atoms with van der Waals surface area (Å²) in [5, 5.41) is 3.09. The largest absolute Gasteiger partial charge is 0.513 e. The summed E-state index contributed by atoms with van der Waals surface area (Å²) in [4.78, 5) is 14.4. The third-order valence-electron chi connectivity index (χ3n) is 6.60. The molecular formula is C34H43ClN2O4. The van der Waals surface area contributed by atoms with Gasteiger partial charge in [0.1, 0.15) is 18.1 Å². The van der Waals surface area contributed by atoms with Crippen LogP contribution in [0.5, 0.6) is 11.5 Å². The fourth-order valence-electron chi connectivity index (χ4n) is 4.51. The Kier molecular flexibility index (Phi) is 14.3. The summed E-state index contributed by atoms with van der Waals surface area (Å²) in [7, 11) is 6.05. The first-order valence-electron chi connectivity index (χ1n) is 14.3. The summed E-state index contributed by atoms with van der Waals surface area (Å²) in [6.07, 6.45) is 4.14. The monoisotopic (exact) mass is 578 g/mol. The number of carbonyl (C=O) groups excluding carboxylic acids is 1. The lowest BCUT2D eigenvalue weighted by molar-refractivity contribution is 0.0972. The molecule has 0 aromatic heterocycles. The van der Waals surface area contributed by atoms with E-state index >= 15 is 0 Å². The number of allylic oxidation sites excluding steroid dienone is 1. The molecule has 0 bridgehead atoms. The van der Waals surface area contributed by atoms with Crippen LogP contribution in [-0.2, 0) is 4.74 Å². The Labute approximate surface area is 250 Å². The van der Waals surface area contributed by atoms with Crippen LogP contribution in [0.4, 0.5) is 4.79 Å². The molecule has 0 unspecified atom stereocenters. The number of ether oxygens (including phenoxy) is 3. The quantitative estimate of drug-likeness (QED) is 0.0588. The van der Waals surface area contributed by atoms with E-state index < -0.39 is 6.16 Å². The highest BCUT2D eigenvalue weighted by atomic mass is 35.5. The predicted molar refractivity (Wildman–Crippen MR) is 169 cm³/mol. The summed E-state index contributed by atoms with van der Waals surface area (Å²) < 4.78 is 16.6. The van der Waals surface area contributed by atoms with Crippen LogP contribution in [0.3, 0.4) is 0 Å². The van der Waals surface area contributed by atoms with E-state index in [4.69, 9.17) is 25.8 Å². The van der Waals surface area contributed by atoms with Gasteiger partial charge in [0.15, 0.2) is 0 Å². The maximum Gasteiger partial charge on any atom is 0.513 e. The van der Waals surface area contributed by atoms with Crippen LogP contribution in [0.15, 0.2) is 78.9 Å². The molecule has 0 saturated carbocycles. The maximum atomic E-state index is 12.2. The summed E-state index contributed by atoms with van der Waals surface area (Å²) in [5.74, 6) is 1.75. The van der Waals surface area contributed by atoms with Gasteiger partial charge in [-0.1, -0.05) is 67.4 Å². The number of likely N-dealkylation sites (N-methyl/N-ethyl adjacent to an activating group) is 1. The van der Waals surface area contributed by atoms with Crippen molar-refractivity contribution >= 4 is 28.9 Å². The highest BCUT2D eigenvalue weighted by Gasteiger charge is 2.15. The van der Waals surface area contributed by atoms with Gasteiger partial charge in [-0.15, -0.1) is 11.6 Å². The van der Waals surface area contributed by atoms with Crippen LogP contribution in [0.1, 0.15) is 48.8 Å². The van der Waals surface area contributed by atoms with Gasteiger partial charge in [0.05, 0.1) is 6.61 Å². The second-order valence-electron chi connectivity index (χ2n) is 10.1. The molecule has 3 aromatic carbocycles. The van der Waals surface area contributed by atoms with Crippen LogP contribution < -0.4 is 14.8 Å². The molecule has 220 valence electrons. The van der Waals surface area contributed by atoms with Crippen molar-refractivity contribution in [3.8, 4) is 11.5 Å². The topological polar surface area (TPSA) is 60.0 Å². The lowest BCUT2D eigenvalue weighted by Crippen LogP contribution is -2.15. The van der Waals surface area contributed by atoms with Crippen LogP contribution >= 0.6 is 11.6 Å². The average Bonchev–Trinajstić information content (AvgIpc) is 2.98. The highest BCUT2D eigenvalue weighted by molar-refractivity contribution is 6.18. The van der Waals surface area contributed by atoms with Gasteiger partial charge in [-0.2, -0.15) is 0 Å². The Morgan fingerprint density at radius 1 is 0.780 bits per heavy atom. The Balaban J connectivity index is 1.75. The molecule has 1 N–H and O–H groups in total. The third kappa shape index (κ3) is 11.2. The van der Waals surface area contributed by atoms with Crippen molar-refractivity contribution in [3.63, 3.8) is 0 Å². The molecule has 0 heterocycles. The fraction of sp³-hybridized carbons (Fsp3) is 0.382. The predicted octanol–water partition coefficient (Wildman–Crippen LogP) is 7.51. The molecule has 3 rings (SSSR count). The van der Waals surface area contributed by atoms with Crippen molar-refractivity contribution < 1.29 is 19.0 Å². The molecule has 41 heavy (non-hydrogen) atoms. The van der Waals surface area contributed by atoms with Crippen LogP contribution in [-0.4, -0.2) is 64.4 Å². The number of rotatable bonds is 17. The number of alkyl halides is 1. The lowest BCUT2D eigenvalue weighted by Gasteiger charge is -2.18. The normalized spacial score (nSPS) is 11.7.